The molecule has 1 aromatic heterocycles. The maximum atomic E-state index is 12.7. The number of halogens is 1. The Bertz CT molecular complexity index is 1460. The normalized spacial score (nSPS) is 13.7. The Balaban J connectivity index is 1.25. The minimum absolute atomic E-state index is 0.0474. The summed E-state index contributed by atoms with van der Waals surface area (Å²) < 4.78 is 11.9. The van der Waals surface area contributed by atoms with Gasteiger partial charge in [-0.3, -0.25) is 19.3 Å². The highest BCUT2D eigenvalue weighted by molar-refractivity contribution is 9.10. The lowest BCUT2D eigenvalue weighted by molar-refractivity contribution is -0.151. The van der Waals surface area contributed by atoms with Crippen molar-refractivity contribution in [3.05, 3.63) is 59.4 Å². The minimum atomic E-state index is -0.498. The van der Waals surface area contributed by atoms with Crippen molar-refractivity contribution >= 4 is 61.8 Å². The van der Waals surface area contributed by atoms with Gasteiger partial charge in [0, 0.05) is 46.9 Å². The summed E-state index contributed by atoms with van der Waals surface area (Å²) in [4.78, 5) is 47.7. The van der Waals surface area contributed by atoms with Crippen molar-refractivity contribution in [3.63, 3.8) is 0 Å². The molecule has 228 valence electrons. The quantitative estimate of drug-likeness (QED) is 0.133. The summed E-state index contributed by atoms with van der Waals surface area (Å²) >= 11 is 3.46. The third-order valence-corrected chi connectivity index (χ3v) is 7.45. The maximum Gasteiger partial charge on any atom is 0.320 e. The first-order valence-electron chi connectivity index (χ1n) is 14.3. The zero-order valence-electron chi connectivity index (χ0n) is 24.4. The van der Waals surface area contributed by atoms with Crippen LogP contribution < -0.4 is 20.7 Å². The number of hydrogen-bond donors (Lipinski definition) is 3. The molecule has 43 heavy (non-hydrogen) atoms. The van der Waals surface area contributed by atoms with E-state index in [0.29, 0.717) is 47.7 Å². The summed E-state index contributed by atoms with van der Waals surface area (Å²) in [6.07, 6.45) is 9.82. The van der Waals surface area contributed by atoms with Gasteiger partial charge in [-0.15, -0.1) is 0 Å². The van der Waals surface area contributed by atoms with Gasteiger partial charge in [0.1, 0.15) is 24.0 Å². The number of nitrogens with one attached hydrogen (secondary N) is 3. The number of likely N-dealkylation sites (N-methyl/N-ethyl adjacent to an activating group) is 1. The fraction of sp³-hybridized carbons (Fsp3) is 0.387. The number of methoxy groups -OCH3 is 1. The molecule has 0 saturated heterocycles. The lowest BCUT2D eigenvalue weighted by Crippen LogP contribution is -2.33. The Labute approximate surface area is 259 Å². The predicted octanol–water partition coefficient (Wildman–Crippen LogP) is 4.95. The highest BCUT2D eigenvalue weighted by Crippen LogP contribution is 2.33. The van der Waals surface area contributed by atoms with Gasteiger partial charge in [0.2, 0.25) is 11.8 Å². The Kier molecular flexibility index (Phi) is 11.9. The molecule has 12 heteroatoms. The topological polar surface area (TPSA) is 135 Å². The third kappa shape index (κ3) is 10.0. The standard InChI is InChI=1S/C31H37BrN6O5/c1-38(19-30(41)43-23-10-4-3-5-11-23)15-7-14-33-28(39)12-13-29(40)37-26-17-24-25(18-27(26)42-2)34-20-35-31(24)36-22-9-6-8-21(32)16-22/h6,8-9,12-13,16-18,20,23H,3-5,7,10-11,14-15,19H2,1-2H3,(H,33,39)(H,37,40)(H,34,35,36)/b13-12+. The Morgan fingerprint density at radius 1 is 1.07 bits per heavy atom. The smallest absolute Gasteiger partial charge is 0.320 e. The molecule has 0 unspecified atom stereocenters. The molecular formula is C31H37BrN6O5. The highest BCUT2D eigenvalue weighted by Gasteiger charge is 2.18. The van der Waals surface area contributed by atoms with Crippen LogP contribution in [0.4, 0.5) is 17.2 Å². The lowest BCUT2D eigenvalue weighted by Gasteiger charge is -2.23. The van der Waals surface area contributed by atoms with Crippen LogP contribution in [0.3, 0.4) is 0 Å². The summed E-state index contributed by atoms with van der Waals surface area (Å²) in [7, 11) is 3.35. The van der Waals surface area contributed by atoms with E-state index in [-0.39, 0.29) is 18.6 Å². The van der Waals surface area contributed by atoms with Crippen molar-refractivity contribution in [2.75, 3.05) is 44.4 Å². The molecule has 1 heterocycles. The summed E-state index contributed by atoms with van der Waals surface area (Å²) in [5, 5.41) is 9.47. The van der Waals surface area contributed by atoms with Gasteiger partial charge >= 0.3 is 5.97 Å². The first-order valence-corrected chi connectivity index (χ1v) is 15.1. The number of esters is 1. The molecule has 1 aliphatic carbocycles. The van der Waals surface area contributed by atoms with E-state index in [0.717, 1.165) is 41.9 Å². The summed E-state index contributed by atoms with van der Waals surface area (Å²) in [5.41, 5.74) is 1.86. The van der Waals surface area contributed by atoms with E-state index in [9.17, 15) is 14.4 Å². The third-order valence-electron chi connectivity index (χ3n) is 6.95. The van der Waals surface area contributed by atoms with Crippen LogP contribution in [0.1, 0.15) is 38.5 Å². The summed E-state index contributed by atoms with van der Waals surface area (Å²) in [6, 6.07) is 11.1. The zero-order chi connectivity index (χ0) is 30.6. The Hall–Kier alpha value is -4.03. The van der Waals surface area contributed by atoms with Crippen LogP contribution in [-0.4, -0.2) is 72.5 Å². The molecule has 0 bridgehead atoms. The second-order valence-electron chi connectivity index (χ2n) is 10.4. The first-order chi connectivity index (χ1) is 20.8. The molecule has 2 amide bonds. The molecule has 0 spiro atoms. The number of fused-ring (bicyclic) bond motifs is 1. The minimum Gasteiger partial charge on any atom is -0.494 e. The van der Waals surface area contributed by atoms with Crippen LogP contribution in [0, 0.1) is 0 Å². The molecule has 4 rings (SSSR count). The number of amides is 2. The largest absolute Gasteiger partial charge is 0.494 e. The number of carbonyl (C=O) groups is 3. The van der Waals surface area contributed by atoms with E-state index in [1.165, 1.54) is 25.9 Å². The molecule has 0 radical (unpaired) electrons. The number of carbonyl (C=O) groups excluding carboxylic acids is 3. The molecule has 3 aromatic rings. The molecular weight excluding hydrogens is 616 g/mol. The fourth-order valence-corrected chi connectivity index (χ4v) is 5.20. The van der Waals surface area contributed by atoms with E-state index in [4.69, 9.17) is 9.47 Å². The summed E-state index contributed by atoms with van der Waals surface area (Å²) in [5.74, 6) is -0.128. The van der Waals surface area contributed by atoms with Crippen molar-refractivity contribution in [1.82, 2.24) is 20.2 Å². The van der Waals surface area contributed by atoms with Crippen molar-refractivity contribution in [3.8, 4) is 5.75 Å². The van der Waals surface area contributed by atoms with Crippen LogP contribution in [0.25, 0.3) is 10.9 Å². The van der Waals surface area contributed by atoms with Gasteiger partial charge in [0.05, 0.1) is 24.9 Å². The van der Waals surface area contributed by atoms with Crippen LogP contribution in [0.5, 0.6) is 5.75 Å². The molecule has 2 aromatic carbocycles. The molecule has 0 atom stereocenters. The van der Waals surface area contributed by atoms with Crippen molar-refractivity contribution in [1.29, 1.82) is 0 Å². The second-order valence-corrected chi connectivity index (χ2v) is 11.3. The first kappa shape index (κ1) is 31.9. The van der Waals surface area contributed by atoms with Crippen molar-refractivity contribution in [2.24, 2.45) is 0 Å². The average molecular weight is 654 g/mol. The van der Waals surface area contributed by atoms with Crippen LogP contribution in [-0.2, 0) is 19.1 Å². The molecule has 1 aliphatic rings. The van der Waals surface area contributed by atoms with E-state index >= 15 is 0 Å². The highest BCUT2D eigenvalue weighted by atomic mass is 79.9. The number of nitrogens with zero attached hydrogens (tertiary/aromatic N) is 3. The van der Waals surface area contributed by atoms with Gasteiger partial charge in [0.15, 0.2) is 0 Å². The van der Waals surface area contributed by atoms with E-state index in [1.54, 1.807) is 12.1 Å². The lowest BCUT2D eigenvalue weighted by atomic mass is 9.98. The van der Waals surface area contributed by atoms with Gasteiger partial charge in [-0.2, -0.15) is 0 Å². The van der Waals surface area contributed by atoms with Crippen LogP contribution in [0.15, 0.2) is 59.4 Å². The zero-order valence-corrected chi connectivity index (χ0v) is 26.0. The van der Waals surface area contributed by atoms with Crippen LogP contribution in [0.2, 0.25) is 0 Å². The number of aromatic nitrogens is 2. The average Bonchev–Trinajstić information content (AvgIpc) is 2.98. The van der Waals surface area contributed by atoms with E-state index < -0.39 is 11.8 Å². The number of rotatable bonds is 13. The van der Waals surface area contributed by atoms with Crippen molar-refractivity contribution < 1.29 is 23.9 Å². The second kappa shape index (κ2) is 16.0. The van der Waals surface area contributed by atoms with Gasteiger partial charge in [-0.25, -0.2) is 9.97 Å². The monoisotopic (exact) mass is 652 g/mol. The Morgan fingerprint density at radius 3 is 2.63 bits per heavy atom. The number of benzene rings is 2. The van der Waals surface area contributed by atoms with Crippen LogP contribution >= 0.6 is 15.9 Å². The molecule has 3 N–H and O–H groups in total. The Morgan fingerprint density at radius 2 is 1.86 bits per heavy atom. The van der Waals surface area contributed by atoms with E-state index in [2.05, 4.69) is 41.8 Å². The van der Waals surface area contributed by atoms with Gasteiger partial charge < -0.3 is 25.4 Å². The summed E-state index contributed by atoms with van der Waals surface area (Å²) in [6.45, 7) is 1.24. The molecule has 1 saturated carbocycles. The maximum absolute atomic E-state index is 12.7. The van der Waals surface area contributed by atoms with E-state index in [1.807, 2.05) is 36.2 Å². The molecule has 0 aliphatic heterocycles. The molecule has 1 fully saturated rings. The predicted molar refractivity (Wildman–Crippen MR) is 169 cm³/mol. The van der Waals surface area contributed by atoms with Gasteiger partial charge in [0.25, 0.3) is 0 Å². The number of ether oxygens (including phenoxy) is 2. The fourth-order valence-electron chi connectivity index (χ4n) is 4.80. The molecule has 11 nitrogen and oxygen atoms in total. The van der Waals surface area contributed by atoms with Gasteiger partial charge in [-0.1, -0.05) is 28.4 Å². The SMILES string of the molecule is COc1cc2ncnc(Nc3cccc(Br)c3)c2cc1NC(=O)/C=C/C(=O)NCCCN(C)CC(=O)OC1CCCCC1. The van der Waals surface area contributed by atoms with Gasteiger partial charge in [-0.05, 0) is 63.4 Å². The number of hydrogen-bond acceptors (Lipinski definition) is 9. The number of anilines is 3. The van der Waals surface area contributed by atoms with Crippen molar-refractivity contribution in [2.45, 2.75) is 44.6 Å².